The van der Waals surface area contributed by atoms with Crippen molar-refractivity contribution in [1.82, 2.24) is 5.32 Å². The second-order valence-corrected chi connectivity index (χ2v) is 10.6. The number of hydrogen-bond acceptors (Lipinski definition) is 3. The molecule has 1 N–H and O–H groups in total. The molecule has 32 heavy (non-hydrogen) atoms. The van der Waals surface area contributed by atoms with Crippen molar-refractivity contribution in [2.45, 2.75) is 42.8 Å². The van der Waals surface area contributed by atoms with Crippen LogP contribution in [0, 0.1) is 11.8 Å². The molecule has 3 atom stereocenters. The summed E-state index contributed by atoms with van der Waals surface area (Å²) in [6.07, 6.45) is -0.679. The normalized spacial score (nSPS) is 22.7. The summed E-state index contributed by atoms with van der Waals surface area (Å²) in [5.74, 6) is 0.350. The van der Waals surface area contributed by atoms with Crippen LogP contribution >= 0.6 is 11.6 Å². The van der Waals surface area contributed by atoms with Crippen LogP contribution in [0.3, 0.4) is 0 Å². The molecule has 0 spiro atoms. The van der Waals surface area contributed by atoms with Gasteiger partial charge in [-0.1, -0.05) is 36.2 Å². The average molecular weight is 487 g/mol. The monoisotopic (exact) mass is 486 g/mol. The molecule has 0 heterocycles. The van der Waals surface area contributed by atoms with Crippen molar-refractivity contribution < 1.29 is 26.4 Å². The Bertz CT molecular complexity index is 1110. The zero-order chi connectivity index (χ0) is 23.1. The summed E-state index contributed by atoms with van der Waals surface area (Å²) in [7, 11) is -4.36. The third-order valence-electron chi connectivity index (χ3n) is 6.25. The molecule has 0 radical (unpaired) electrons. The summed E-state index contributed by atoms with van der Waals surface area (Å²) in [5, 5.41) is 2.68. The highest BCUT2D eigenvalue weighted by molar-refractivity contribution is 7.92. The van der Waals surface area contributed by atoms with Crippen molar-refractivity contribution in [2.24, 2.45) is 11.8 Å². The van der Waals surface area contributed by atoms with Gasteiger partial charge in [-0.15, -0.1) is 0 Å². The Morgan fingerprint density at radius 2 is 1.81 bits per heavy atom. The third kappa shape index (κ3) is 4.59. The van der Waals surface area contributed by atoms with Crippen LogP contribution in [0.4, 0.5) is 18.9 Å². The molecule has 2 aliphatic carbocycles. The van der Waals surface area contributed by atoms with Crippen LogP contribution < -0.4 is 9.62 Å². The van der Waals surface area contributed by atoms with Gasteiger partial charge in [-0.05, 0) is 61.4 Å². The number of benzene rings is 2. The van der Waals surface area contributed by atoms with E-state index in [1.807, 2.05) is 0 Å². The molecule has 0 aliphatic heterocycles. The Hall–Kier alpha value is -2.26. The highest BCUT2D eigenvalue weighted by Crippen LogP contribution is 2.44. The number of alkyl halides is 3. The molecule has 0 saturated heterocycles. The fourth-order valence-electron chi connectivity index (χ4n) is 4.70. The van der Waals surface area contributed by atoms with Gasteiger partial charge in [0.05, 0.1) is 21.2 Å². The van der Waals surface area contributed by atoms with Crippen LogP contribution in [0.2, 0.25) is 5.02 Å². The lowest BCUT2D eigenvalue weighted by molar-refractivity contribution is -0.137. The first-order valence-electron chi connectivity index (χ1n) is 10.3. The SMILES string of the molecule is O=C(CN(c1cc(C(F)(F)F)ccc1Cl)S(=O)(=O)c1ccccc1)N[C@@H]1C[C@@H]2CC[C@@H]1C2. The lowest BCUT2D eigenvalue weighted by Gasteiger charge is -2.28. The van der Waals surface area contributed by atoms with Crippen molar-refractivity contribution in [2.75, 3.05) is 10.8 Å². The number of fused-ring (bicyclic) bond motifs is 2. The molecule has 2 bridgehead atoms. The number of sulfonamides is 1. The first-order chi connectivity index (χ1) is 15.1. The number of carbonyl (C=O) groups excluding carboxylic acids is 1. The van der Waals surface area contributed by atoms with Gasteiger partial charge in [0, 0.05) is 6.04 Å². The molecule has 5 nitrogen and oxygen atoms in total. The largest absolute Gasteiger partial charge is 0.416 e. The molecule has 4 rings (SSSR count). The van der Waals surface area contributed by atoms with E-state index in [0.29, 0.717) is 22.2 Å². The van der Waals surface area contributed by atoms with Crippen molar-refractivity contribution in [3.05, 3.63) is 59.1 Å². The molecule has 2 aromatic carbocycles. The van der Waals surface area contributed by atoms with E-state index in [1.54, 1.807) is 6.07 Å². The summed E-state index contributed by atoms with van der Waals surface area (Å²) in [6.45, 7) is -0.674. The van der Waals surface area contributed by atoms with Crippen LogP contribution in [0.25, 0.3) is 0 Å². The Morgan fingerprint density at radius 1 is 1.09 bits per heavy atom. The van der Waals surface area contributed by atoms with Crippen molar-refractivity contribution in [3.63, 3.8) is 0 Å². The quantitative estimate of drug-likeness (QED) is 0.634. The minimum Gasteiger partial charge on any atom is -0.352 e. The number of halogens is 4. The lowest BCUT2D eigenvalue weighted by atomic mass is 9.95. The predicted molar refractivity (Wildman–Crippen MR) is 115 cm³/mol. The lowest BCUT2D eigenvalue weighted by Crippen LogP contribution is -2.46. The fourth-order valence-corrected chi connectivity index (χ4v) is 6.43. The Kier molecular flexibility index (Phi) is 6.15. The molecule has 2 saturated carbocycles. The minimum atomic E-state index is -4.70. The van der Waals surface area contributed by atoms with Gasteiger partial charge in [-0.25, -0.2) is 8.42 Å². The Labute approximate surface area is 189 Å². The van der Waals surface area contributed by atoms with Crippen molar-refractivity contribution >= 4 is 33.2 Å². The summed E-state index contributed by atoms with van der Waals surface area (Å²) in [5.41, 5.74) is -1.45. The maximum absolute atomic E-state index is 13.4. The van der Waals surface area contributed by atoms with Crippen LogP contribution in [-0.2, 0) is 21.0 Å². The highest BCUT2D eigenvalue weighted by Gasteiger charge is 2.41. The van der Waals surface area contributed by atoms with E-state index < -0.39 is 39.9 Å². The maximum atomic E-state index is 13.4. The molecule has 1 amide bonds. The third-order valence-corrected chi connectivity index (χ3v) is 8.34. The van der Waals surface area contributed by atoms with Gasteiger partial charge in [0.1, 0.15) is 6.54 Å². The molecule has 2 fully saturated rings. The van der Waals surface area contributed by atoms with Crippen LogP contribution in [-0.4, -0.2) is 26.9 Å². The summed E-state index contributed by atoms with van der Waals surface area (Å²) in [4.78, 5) is 12.7. The molecular formula is C22H22ClF3N2O3S. The number of nitrogens with zero attached hydrogens (tertiary/aromatic N) is 1. The molecule has 10 heteroatoms. The molecule has 0 unspecified atom stereocenters. The highest BCUT2D eigenvalue weighted by atomic mass is 35.5. The van der Waals surface area contributed by atoms with Crippen molar-refractivity contribution in [1.29, 1.82) is 0 Å². The van der Waals surface area contributed by atoms with Gasteiger partial charge < -0.3 is 5.32 Å². The topological polar surface area (TPSA) is 66.5 Å². The molecule has 2 aliphatic rings. The zero-order valence-corrected chi connectivity index (χ0v) is 18.6. The first-order valence-corrected chi connectivity index (χ1v) is 12.1. The molecule has 0 aromatic heterocycles. The van der Waals surface area contributed by atoms with E-state index >= 15 is 0 Å². The number of hydrogen-bond donors (Lipinski definition) is 1. The number of nitrogens with one attached hydrogen (secondary N) is 1. The van der Waals surface area contributed by atoms with Crippen LogP contribution in [0.5, 0.6) is 0 Å². The fraction of sp³-hybridized carbons (Fsp3) is 0.409. The van der Waals surface area contributed by atoms with E-state index in [9.17, 15) is 26.4 Å². The van der Waals surface area contributed by atoms with Crippen molar-refractivity contribution in [3.8, 4) is 0 Å². The maximum Gasteiger partial charge on any atom is 0.416 e. The minimum absolute atomic E-state index is 0.0421. The van der Waals surface area contributed by atoms with E-state index in [4.69, 9.17) is 11.6 Å². The van der Waals surface area contributed by atoms with Gasteiger partial charge in [0.2, 0.25) is 5.91 Å². The van der Waals surface area contributed by atoms with Gasteiger partial charge in [-0.3, -0.25) is 9.10 Å². The van der Waals surface area contributed by atoms with Gasteiger partial charge >= 0.3 is 6.18 Å². The van der Waals surface area contributed by atoms with E-state index in [0.717, 1.165) is 37.8 Å². The van der Waals surface area contributed by atoms with E-state index in [2.05, 4.69) is 5.32 Å². The van der Waals surface area contributed by atoms with Gasteiger partial charge in [0.15, 0.2) is 0 Å². The smallest absolute Gasteiger partial charge is 0.352 e. The molecular weight excluding hydrogens is 465 g/mol. The zero-order valence-electron chi connectivity index (χ0n) is 17.0. The number of anilines is 1. The van der Waals surface area contributed by atoms with E-state index in [-0.39, 0.29) is 16.0 Å². The average Bonchev–Trinajstić information content (AvgIpc) is 3.35. The molecule has 172 valence electrons. The predicted octanol–water partition coefficient (Wildman–Crippen LogP) is 4.86. The number of carbonyl (C=O) groups is 1. The van der Waals surface area contributed by atoms with Crippen LogP contribution in [0.1, 0.15) is 31.2 Å². The Balaban J connectivity index is 1.68. The molecule has 2 aromatic rings. The number of rotatable bonds is 6. The summed E-state index contributed by atoms with van der Waals surface area (Å²) >= 11 is 6.13. The van der Waals surface area contributed by atoms with Gasteiger partial charge in [-0.2, -0.15) is 13.2 Å². The standard InChI is InChI=1S/C22H22ClF3N2O3S/c23-18-9-8-16(22(24,25)26)12-20(18)28(32(30,31)17-4-2-1-3-5-17)13-21(29)27-19-11-14-6-7-15(19)10-14/h1-5,8-9,12,14-15,19H,6-7,10-11,13H2,(H,27,29)/t14-,15-,19-/m1/s1. The number of amides is 1. The van der Waals surface area contributed by atoms with Gasteiger partial charge in [0.25, 0.3) is 10.0 Å². The van der Waals surface area contributed by atoms with Crippen LogP contribution in [0.15, 0.2) is 53.4 Å². The Morgan fingerprint density at radius 3 is 2.41 bits per heavy atom. The summed E-state index contributed by atoms with van der Waals surface area (Å²) < 4.78 is 67.3. The first kappa shape index (κ1) is 22.9. The second kappa shape index (κ2) is 8.59. The second-order valence-electron chi connectivity index (χ2n) is 8.34. The summed E-state index contributed by atoms with van der Waals surface area (Å²) in [6, 6.07) is 9.61. The van der Waals surface area contributed by atoms with E-state index in [1.165, 1.54) is 24.3 Å².